The lowest BCUT2D eigenvalue weighted by atomic mass is 9.90. The minimum Gasteiger partial charge on any atom is -0.491 e. The Balaban J connectivity index is 1.06. The van der Waals surface area contributed by atoms with Gasteiger partial charge in [0.2, 0.25) is 5.91 Å². The number of ether oxygens (including phenoxy) is 5. The van der Waals surface area contributed by atoms with Crippen LogP contribution in [0.25, 0.3) is 16.6 Å². The van der Waals surface area contributed by atoms with Crippen molar-refractivity contribution in [1.29, 1.82) is 0 Å². The second kappa shape index (κ2) is 27.5. The van der Waals surface area contributed by atoms with Gasteiger partial charge < -0.3 is 39.0 Å². The number of piperidine rings is 1. The van der Waals surface area contributed by atoms with Crippen molar-refractivity contribution in [3.63, 3.8) is 0 Å². The van der Waals surface area contributed by atoms with Crippen LogP contribution in [0.3, 0.4) is 0 Å². The average Bonchev–Trinajstić information content (AvgIpc) is 3.72. The highest BCUT2D eigenvalue weighted by Crippen LogP contribution is 2.37. The Morgan fingerprint density at radius 2 is 1.51 bits per heavy atom. The Morgan fingerprint density at radius 3 is 2.13 bits per heavy atom. The number of hydrogen-bond donors (Lipinski definition) is 2. The molecule has 2 aromatic carbocycles. The Labute approximate surface area is 412 Å². The van der Waals surface area contributed by atoms with Crippen molar-refractivity contribution < 1.29 is 38.4 Å². The summed E-state index contributed by atoms with van der Waals surface area (Å²) < 4.78 is 30.7. The van der Waals surface area contributed by atoms with Crippen molar-refractivity contribution in [3.8, 4) is 16.9 Å². The van der Waals surface area contributed by atoms with Crippen LogP contribution in [-0.4, -0.2) is 129 Å². The van der Waals surface area contributed by atoms with E-state index in [0.29, 0.717) is 69.1 Å². The first-order valence-electron chi connectivity index (χ1n) is 23.6. The Morgan fingerprint density at radius 1 is 0.841 bits per heavy atom. The maximum atomic E-state index is 13.4. The number of aromatic nitrogens is 2. The van der Waals surface area contributed by atoms with Crippen molar-refractivity contribution in [3.05, 3.63) is 105 Å². The molecule has 4 aromatic rings. The van der Waals surface area contributed by atoms with Gasteiger partial charge in [-0.05, 0) is 116 Å². The highest BCUT2D eigenvalue weighted by Gasteiger charge is 2.24. The van der Waals surface area contributed by atoms with E-state index in [1.165, 1.54) is 5.57 Å². The second-order valence-corrected chi connectivity index (χ2v) is 18.1. The number of aliphatic carboxylic acids is 1. The van der Waals surface area contributed by atoms with Crippen LogP contribution in [0.5, 0.6) is 5.75 Å². The summed E-state index contributed by atoms with van der Waals surface area (Å²) in [4.78, 5) is 32.4. The van der Waals surface area contributed by atoms with E-state index < -0.39 is 12.0 Å². The van der Waals surface area contributed by atoms with Crippen molar-refractivity contribution in [2.45, 2.75) is 93.2 Å². The standard InChI is InChI=1S/C53H70ClN7O8/c1-35(2)38(7)52(36(3)4)53(40-10-12-43(54)13-11-40)57-47(39(8)59-58-37(5)6)33-50(62)55-19-23-66-24-25-67-26-27-68-28-29-69-45-14-15-46(49(32-45)60-20-17-44(65-9)18-21-60)41-16-22-61-48(30-41)42(34-56-61)31-51(63)64/h10-16,22,30,32,34,44,47H,17-21,23-29,31,33H2,1-9H3,(H,55,62)(H,63,64)/b57-53?,59-39+/t47-/m0/s1. The van der Waals surface area contributed by atoms with Gasteiger partial charge in [-0.1, -0.05) is 34.9 Å². The number of fused-ring (bicyclic) bond motifs is 1. The van der Waals surface area contributed by atoms with Crippen LogP contribution in [-0.2, 0) is 35.0 Å². The smallest absolute Gasteiger partial charge is 0.307 e. The minimum atomic E-state index is -0.898. The van der Waals surface area contributed by atoms with Crippen LogP contribution >= 0.6 is 11.6 Å². The summed E-state index contributed by atoms with van der Waals surface area (Å²) in [5.74, 6) is -0.346. The predicted octanol–water partition coefficient (Wildman–Crippen LogP) is 9.24. The van der Waals surface area contributed by atoms with E-state index in [1.807, 2.05) is 69.4 Å². The van der Waals surface area contributed by atoms with E-state index in [-0.39, 0.29) is 24.9 Å². The number of rotatable bonds is 26. The zero-order valence-electron chi connectivity index (χ0n) is 41.8. The molecule has 372 valence electrons. The lowest BCUT2D eigenvalue weighted by molar-refractivity contribution is -0.136. The highest BCUT2D eigenvalue weighted by atomic mass is 35.5. The summed E-state index contributed by atoms with van der Waals surface area (Å²) in [6.45, 7) is 20.6. The summed E-state index contributed by atoms with van der Waals surface area (Å²) in [6, 6.07) is 17.1. The van der Waals surface area contributed by atoms with Gasteiger partial charge in [-0.3, -0.25) is 14.6 Å². The molecule has 1 atom stereocenters. The van der Waals surface area contributed by atoms with Crippen LogP contribution in [0.4, 0.5) is 5.69 Å². The van der Waals surface area contributed by atoms with Gasteiger partial charge in [0.05, 0.1) is 87.8 Å². The van der Waals surface area contributed by atoms with Gasteiger partial charge in [-0.25, -0.2) is 4.52 Å². The number of carbonyl (C=O) groups is 2. The van der Waals surface area contributed by atoms with E-state index in [9.17, 15) is 14.7 Å². The van der Waals surface area contributed by atoms with E-state index in [1.54, 1.807) is 17.8 Å². The van der Waals surface area contributed by atoms with Crippen molar-refractivity contribution in [2.24, 2.45) is 15.2 Å². The molecule has 69 heavy (non-hydrogen) atoms. The van der Waals surface area contributed by atoms with Gasteiger partial charge in [0.15, 0.2) is 0 Å². The second-order valence-electron chi connectivity index (χ2n) is 17.6. The number of aliphatic imine (C=N–C) groups is 1. The molecule has 1 fully saturated rings. The number of halogens is 1. The molecule has 0 bridgehead atoms. The van der Waals surface area contributed by atoms with E-state index in [2.05, 4.69) is 72.3 Å². The molecule has 1 saturated heterocycles. The number of allylic oxidation sites excluding steroid dienone is 4. The zero-order chi connectivity index (χ0) is 49.9. The minimum absolute atomic E-state index is 0.0777. The fourth-order valence-corrected chi connectivity index (χ4v) is 7.95. The van der Waals surface area contributed by atoms with Gasteiger partial charge in [-0.15, -0.1) is 0 Å². The third kappa shape index (κ3) is 16.7. The first-order valence-corrected chi connectivity index (χ1v) is 24.0. The van der Waals surface area contributed by atoms with Gasteiger partial charge in [0.1, 0.15) is 12.4 Å². The molecule has 16 heteroatoms. The van der Waals surface area contributed by atoms with Gasteiger partial charge in [0.25, 0.3) is 0 Å². The van der Waals surface area contributed by atoms with E-state index in [0.717, 1.165) is 87.7 Å². The molecule has 1 aliphatic heterocycles. The van der Waals surface area contributed by atoms with Gasteiger partial charge >= 0.3 is 5.97 Å². The topological polar surface area (TPSA) is 170 Å². The fraction of sp³-hybridized carbons (Fsp3) is 0.472. The highest BCUT2D eigenvalue weighted by molar-refractivity contribution is 6.30. The van der Waals surface area contributed by atoms with E-state index in [4.69, 9.17) is 40.3 Å². The molecule has 0 spiro atoms. The van der Waals surface area contributed by atoms with Crippen LogP contribution in [0.1, 0.15) is 85.8 Å². The molecular formula is C53H70ClN7O8. The molecule has 2 aromatic heterocycles. The molecule has 5 rings (SSSR count). The van der Waals surface area contributed by atoms with Crippen molar-refractivity contribution in [1.82, 2.24) is 14.9 Å². The molecule has 0 radical (unpaired) electrons. The normalized spacial score (nSPS) is 13.9. The number of anilines is 1. The first-order chi connectivity index (χ1) is 33.1. The average molecular weight is 969 g/mol. The quantitative estimate of drug-likeness (QED) is 0.0268. The number of methoxy groups -OCH3 is 1. The Kier molecular flexibility index (Phi) is 21.6. The number of amides is 1. The lowest BCUT2D eigenvalue weighted by Gasteiger charge is -2.34. The number of carbonyl (C=O) groups excluding carboxylic acids is 1. The summed E-state index contributed by atoms with van der Waals surface area (Å²) in [5, 5.41) is 26.1. The molecule has 0 aliphatic carbocycles. The summed E-state index contributed by atoms with van der Waals surface area (Å²) in [7, 11) is 1.76. The number of benzene rings is 2. The van der Waals surface area contributed by atoms with Crippen molar-refractivity contribution in [2.75, 3.05) is 77.9 Å². The number of carboxylic acid groups (broad SMARTS) is 1. The largest absolute Gasteiger partial charge is 0.491 e. The Hall–Kier alpha value is -5.71. The molecule has 3 heterocycles. The molecule has 1 aliphatic rings. The lowest BCUT2D eigenvalue weighted by Crippen LogP contribution is -2.36. The van der Waals surface area contributed by atoms with Gasteiger partial charge in [0, 0.05) is 77.7 Å². The number of hydrogen-bond acceptors (Lipinski definition) is 12. The maximum absolute atomic E-state index is 13.4. The first kappa shape index (κ1) is 54.2. The van der Waals surface area contributed by atoms with E-state index >= 15 is 0 Å². The number of pyridine rings is 1. The molecule has 15 nitrogen and oxygen atoms in total. The van der Waals surface area contributed by atoms with Crippen LogP contribution in [0, 0.1) is 0 Å². The third-order valence-electron chi connectivity index (χ3n) is 11.7. The van der Waals surface area contributed by atoms with Crippen LogP contribution in [0.15, 0.2) is 104 Å². The molecule has 2 N–H and O–H groups in total. The SMILES string of the molecule is COC1CCN(c2cc(OCCOCCOCCOCCNC(=O)C[C@H](N=C(C(=C(C)C)C(C)=C(C)C)c3ccc(Cl)cc3)/C(C)=N/N=C(C)C)ccc2-c2ccn3ncc(CC(=O)O)c3c2)CC1. The summed E-state index contributed by atoms with van der Waals surface area (Å²) in [5.41, 5.74) is 11.9. The number of nitrogens with one attached hydrogen (secondary N) is 1. The third-order valence-corrected chi connectivity index (χ3v) is 11.9. The zero-order valence-corrected chi connectivity index (χ0v) is 42.5. The summed E-state index contributed by atoms with van der Waals surface area (Å²) in [6.07, 6.45) is 5.51. The molecular weight excluding hydrogens is 898 g/mol. The number of nitrogens with zero attached hydrogens (tertiary/aromatic N) is 6. The monoisotopic (exact) mass is 967 g/mol. The van der Waals surface area contributed by atoms with Crippen molar-refractivity contribution >= 4 is 51.8 Å². The predicted molar refractivity (Wildman–Crippen MR) is 276 cm³/mol. The number of carboxylic acids is 1. The maximum Gasteiger partial charge on any atom is 0.307 e. The Bertz CT molecular complexity index is 2490. The fourth-order valence-electron chi connectivity index (χ4n) is 7.83. The van der Waals surface area contributed by atoms with Gasteiger partial charge in [-0.2, -0.15) is 15.3 Å². The molecule has 0 saturated carbocycles. The molecule has 1 amide bonds. The van der Waals surface area contributed by atoms with Crippen LogP contribution < -0.4 is 15.0 Å². The summed E-state index contributed by atoms with van der Waals surface area (Å²) >= 11 is 6.28. The van der Waals surface area contributed by atoms with Crippen LogP contribution in [0.2, 0.25) is 5.02 Å². The molecule has 0 unspecified atom stereocenters.